The van der Waals surface area contributed by atoms with Crippen molar-refractivity contribution in [1.82, 2.24) is 20.4 Å². The molecule has 25 heavy (non-hydrogen) atoms. The van der Waals surface area contributed by atoms with Crippen molar-refractivity contribution < 1.29 is 4.79 Å². The zero-order valence-electron chi connectivity index (χ0n) is 14.9. The van der Waals surface area contributed by atoms with Gasteiger partial charge in [0.2, 0.25) is 5.91 Å². The average Bonchev–Trinajstić information content (AvgIpc) is 3.21. The van der Waals surface area contributed by atoms with Crippen molar-refractivity contribution in [2.24, 2.45) is 13.0 Å². The van der Waals surface area contributed by atoms with Crippen LogP contribution in [-0.4, -0.2) is 35.3 Å². The van der Waals surface area contributed by atoms with Crippen LogP contribution in [0, 0.1) is 5.92 Å². The van der Waals surface area contributed by atoms with Crippen molar-refractivity contribution in [3.05, 3.63) is 52.8 Å². The fourth-order valence-corrected chi connectivity index (χ4v) is 3.58. The predicted molar refractivity (Wildman–Crippen MR) is 99.8 cm³/mol. The molecule has 3 rings (SSSR count). The van der Waals surface area contributed by atoms with Crippen molar-refractivity contribution in [3.63, 3.8) is 0 Å². The molecule has 1 aromatic carbocycles. The minimum atomic E-state index is -0.184. The van der Waals surface area contributed by atoms with Crippen molar-refractivity contribution in [2.45, 2.75) is 25.2 Å². The maximum Gasteiger partial charge on any atom is 0.225 e. The van der Waals surface area contributed by atoms with E-state index in [2.05, 4.69) is 29.6 Å². The summed E-state index contributed by atoms with van der Waals surface area (Å²) in [6.07, 6.45) is 3.85. The van der Waals surface area contributed by atoms with Crippen LogP contribution in [-0.2, 0) is 17.3 Å². The number of aryl methyl sites for hydroxylation is 1. The Morgan fingerprint density at radius 1 is 1.44 bits per heavy atom. The molecule has 134 valence electrons. The average molecular weight is 361 g/mol. The molecular weight excluding hydrogens is 336 g/mol. The predicted octanol–water partition coefficient (Wildman–Crippen LogP) is 2.47. The third-order valence-electron chi connectivity index (χ3n) is 5.01. The quantitative estimate of drug-likeness (QED) is 0.861. The zero-order chi connectivity index (χ0) is 18.0. The molecule has 2 heterocycles. The summed E-state index contributed by atoms with van der Waals surface area (Å²) < 4.78 is 1.78. The number of halogens is 1. The third-order valence-corrected chi connectivity index (χ3v) is 5.25. The molecule has 2 atom stereocenters. The second kappa shape index (κ2) is 7.18. The Bertz CT molecular complexity index is 755. The summed E-state index contributed by atoms with van der Waals surface area (Å²) in [7, 11) is 1.90. The fourth-order valence-electron chi connectivity index (χ4n) is 3.39. The Hall–Kier alpha value is -1.85. The van der Waals surface area contributed by atoms with Gasteiger partial charge in [0.05, 0.1) is 12.1 Å². The molecule has 0 unspecified atom stereocenters. The Morgan fingerprint density at radius 3 is 2.92 bits per heavy atom. The van der Waals surface area contributed by atoms with E-state index in [1.807, 2.05) is 43.7 Å². The summed E-state index contributed by atoms with van der Waals surface area (Å²) in [5.41, 5.74) is 2.05. The number of carbonyl (C=O) groups is 1. The summed E-state index contributed by atoms with van der Waals surface area (Å²) in [6, 6.07) is 7.82. The first-order valence-corrected chi connectivity index (χ1v) is 8.97. The first kappa shape index (κ1) is 18.0. The van der Waals surface area contributed by atoms with Gasteiger partial charge in [-0.15, -0.1) is 0 Å². The number of nitrogens with one attached hydrogen (secondary N) is 2. The monoisotopic (exact) mass is 360 g/mol. The van der Waals surface area contributed by atoms with Gasteiger partial charge in [-0.1, -0.05) is 37.6 Å². The van der Waals surface area contributed by atoms with Crippen LogP contribution < -0.4 is 10.6 Å². The molecule has 1 amide bonds. The molecule has 1 aromatic heterocycles. The van der Waals surface area contributed by atoms with Gasteiger partial charge in [-0.25, -0.2) is 0 Å². The van der Waals surface area contributed by atoms with Crippen LogP contribution >= 0.6 is 11.6 Å². The van der Waals surface area contributed by atoms with Crippen molar-refractivity contribution >= 4 is 17.5 Å². The fraction of sp³-hybridized carbons (Fsp3) is 0.474. The summed E-state index contributed by atoms with van der Waals surface area (Å²) in [6.45, 7) is 6.31. The van der Waals surface area contributed by atoms with Crippen LogP contribution in [0.15, 0.2) is 36.7 Å². The molecule has 1 fully saturated rings. The number of nitrogens with zero attached hydrogens (tertiary/aromatic N) is 2. The normalized spacial score (nSPS) is 20.6. The Kier molecular flexibility index (Phi) is 5.16. The van der Waals surface area contributed by atoms with Gasteiger partial charge in [-0.2, -0.15) is 5.10 Å². The van der Waals surface area contributed by atoms with Gasteiger partial charge in [0.25, 0.3) is 0 Å². The highest BCUT2D eigenvalue weighted by Gasteiger charge is 2.35. The van der Waals surface area contributed by atoms with Crippen molar-refractivity contribution in [2.75, 3.05) is 19.6 Å². The van der Waals surface area contributed by atoms with Gasteiger partial charge in [0, 0.05) is 49.2 Å². The van der Waals surface area contributed by atoms with E-state index in [4.69, 9.17) is 11.6 Å². The zero-order valence-corrected chi connectivity index (χ0v) is 15.7. The van der Waals surface area contributed by atoms with Crippen LogP contribution in [0.2, 0.25) is 5.02 Å². The molecule has 6 heteroatoms. The number of hydrogen-bond donors (Lipinski definition) is 2. The van der Waals surface area contributed by atoms with Gasteiger partial charge in [-0.05, 0) is 23.3 Å². The number of aromatic nitrogens is 2. The van der Waals surface area contributed by atoms with E-state index >= 15 is 0 Å². The molecule has 2 aromatic rings. The Morgan fingerprint density at radius 2 is 2.24 bits per heavy atom. The second-order valence-corrected chi connectivity index (χ2v) is 7.87. The lowest BCUT2D eigenvalue weighted by Gasteiger charge is -2.27. The van der Waals surface area contributed by atoms with E-state index in [1.54, 1.807) is 4.68 Å². The molecule has 1 saturated heterocycles. The summed E-state index contributed by atoms with van der Waals surface area (Å²) in [5.74, 6) is 0.191. The molecular formula is C19H25ClN4O. The lowest BCUT2D eigenvalue weighted by atomic mass is 9.84. The van der Waals surface area contributed by atoms with Crippen molar-refractivity contribution in [3.8, 4) is 0 Å². The van der Waals surface area contributed by atoms with Crippen LogP contribution in [0.25, 0.3) is 0 Å². The highest BCUT2D eigenvalue weighted by atomic mass is 35.5. The summed E-state index contributed by atoms with van der Waals surface area (Å²) >= 11 is 6.10. The van der Waals surface area contributed by atoms with Crippen molar-refractivity contribution in [1.29, 1.82) is 0 Å². The number of carbonyl (C=O) groups excluding carboxylic acids is 1. The molecule has 5 nitrogen and oxygen atoms in total. The lowest BCUT2D eigenvalue weighted by Crippen LogP contribution is -2.41. The highest BCUT2D eigenvalue weighted by Crippen LogP contribution is 2.29. The van der Waals surface area contributed by atoms with E-state index in [9.17, 15) is 4.79 Å². The summed E-state index contributed by atoms with van der Waals surface area (Å²) in [4.78, 5) is 12.8. The number of rotatable bonds is 5. The molecule has 2 N–H and O–H groups in total. The van der Waals surface area contributed by atoms with E-state index in [1.165, 1.54) is 0 Å². The Labute approximate surface area is 153 Å². The van der Waals surface area contributed by atoms with Crippen LogP contribution in [0.1, 0.15) is 30.9 Å². The van der Waals surface area contributed by atoms with Crippen LogP contribution in [0.3, 0.4) is 0 Å². The minimum Gasteiger partial charge on any atom is -0.355 e. The molecule has 0 spiro atoms. The Balaban J connectivity index is 1.65. The first-order chi connectivity index (χ1) is 11.9. The molecule has 0 aliphatic carbocycles. The standard InChI is InChI=1S/C19H25ClN4O/c1-19(2,14-5-4-6-15(20)7-14)12-22-18(25)17-10-21-9-16(17)13-8-23-24(3)11-13/h4-8,11,16-17,21H,9-10,12H2,1-3H3,(H,22,25)/t16-,17+/m1/s1. The topological polar surface area (TPSA) is 59.0 Å². The van der Waals surface area contributed by atoms with Gasteiger partial charge >= 0.3 is 0 Å². The molecule has 0 saturated carbocycles. The maximum absolute atomic E-state index is 12.8. The third kappa shape index (κ3) is 4.05. The molecule has 1 aliphatic rings. The summed E-state index contributed by atoms with van der Waals surface area (Å²) in [5, 5.41) is 11.4. The van der Waals surface area contributed by atoms with Crippen LogP contribution in [0.5, 0.6) is 0 Å². The number of hydrogen-bond acceptors (Lipinski definition) is 3. The molecule has 1 aliphatic heterocycles. The van der Waals surface area contributed by atoms with Crippen LogP contribution in [0.4, 0.5) is 0 Å². The first-order valence-electron chi connectivity index (χ1n) is 8.60. The smallest absolute Gasteiger partial charge is 0.225 e. The van der Waals surface area contributed by atoms with E-state index in [0.717, 1.165) is 17.7 Å². The molecule has 0 radical (unpaired) electrons. The van der Waals surface area contributed by atoms with Gasteiger partial charge in [0.15, 0.2) is 0 Å². The number of amides is 1. The lowest BCUT2D eigenvalue weighted by molar-refractivity contribution is -0.125. The van der Waals surface area contributed by atoms with Gasteiger partial charge in [0.1, 0.15) is 0 Å². The van der Waals surface area contributed by atoms with Gasteiger partial charge in [-0.3, -0.25) is 9.48 Å². The van der Waals surface area contributed by atoms with E-state index < -0.39 is 0 Å². The second-order valence-electron chi connectivity index (χ2n) is 7.43. The van der Waals surface area contributed by atoms with E-state index in [0.29, 0.717) is 18.1 Å². The van der Waals surface area contributed by atoms with E-state index in [-0.39, 0.29) is 23.2 Å². The maximum atomic E-state index is 12.8. The minimum absolute atomic E-state index is 0.0700. The number of benzene rings is 1. The largest absolute Gasteiger partial charge is 0.355 e. The van der Waals surface area contributed by atoms with Gasteiger partial charge < -0.3 is 10.6 Å². The SMILES string of the molecule is Cn1cc([C@H]2CNC[C@@H]2C(=O)NCC(C)(C)c2cccc(Cl)c2)cn1. The molecule has 0 bridgehead atoms. The highest BCUT2D eigenvalue weighted by molar-refractivity contribution is 6.30.